The van der Waals surface area contributed by atoms with Gasteiger partial charge in [0.25, 0.3) is 0 Å². The summed E-state index contributed by atoms with van der Waals surface area (Å²) in [6, 6.07) is 7.23. The van der Waals surface area contributed by atoms with Crippen molar-refractivity contribution in [2.45, 2.75) is 13.3 Å². The zero-order valence-electron chi connectivity index (χ0n) is 12.4. The summed E-state index contributed by atoms with van der Waals surface area (Å²) >= 11 is 0. The van der Waals surface area contributed by atoms with E-state index in [-0.39, 0.29) is 5.78 Å². The Hall–Kier alpha value is -1.90. The molecule has 5 heteroatoms. The molecule has 1 aromatic carbocycles. The third kappa shape index (κ3) is 4.55. The van der Waals surface area contributed by atoms with Crippen LogP contribution in [0.15, 0.2) is 18.2 Å². The first-order valence-corrected chi connectivity index (χ1v) is 7.30. The molecule has 0 unspecified atom stereocenters. The molecule has 112 valence electrons. The van der Waals surface area contributed by atoms with Crippen molar-refractivity contribution in [3.05, 3.63) is 29.3 Å². The Kier molecular flexibility index (Phi) is 5.73. The standard InChI is InChI=1S/C16H21N3O2/c1-13(20)15-4-3-14(12-17)11-16(15)18-5-2-6-19-7-9-21-10-8-19/h3-4,11,18H,2,5-10H2,1H3. The lowest BCUT2D eigenvalue weighted by Crippen LogP contribution is -2.37. The van der Waals surface area contributed by atoms with Gasteiger partial charge in [-0.1, -0.05) is 0 Å². The first-order chi connectivity index (χ1) is 10.2. The molecule has 1 fully saturated rings. The first kappa shape index (κ1) is 15.5. The van der Waals surface area contributed by atoms with E-state index < -0.39 is 0 Å². The van der Waals surface area contributed by atoms with E-state index in [4.69, 9.17) is 10.00 Å². The van der Waals surface area contributed by atoms with E-state index >= 15 is 0 Å². The van der Waals surface area contributed by atoms with E-state index in [2.05, 4.69) is 16.3 Å². The van der Waals surface area contributed by atoms with Crippen LogP contribution in [0.3, 0.4) is 0 Å². The number of benzene rings is 1. The smallest absolute Gasteiger partial charge is 0.161 e. The molecule has 1 heterocycles. The van der Waals surface area contributed by atoms with Gasteiger partial charge in [-0.3, -0.25) is 9.69 Å². The second-order valence-electron chi connectivity index (χ2n) is 5.16. The summed E-state index contributed by atoms with van der Waals surface area (Å²) < 4.78 is 5.32. The van der Waals surface area contributed by atoms with Crippen molar-refractivity contribution in [3.8, 4) is 6.07 Å². The fourth-order valence-electron chi connectivity index (χ4n) is 2.42. The zero-order valence-corrected chi connectivity index (χ0v) is 12.4. The highest BCUT2D eigenvalue weighted by atomic mass is 16.5. The maximum atomic E-state index is 11.6. The van der Waals surface area contributed by atoms with E-state index in [9.17, 15) is 4.79 Å². The molecule has 0 atom stereocenters. The Balaban J connectivity index is 1.86. The number of ether oxygens (including phenoxy) is 1. The Labute approximate surface area is 125 Å². The van der Waals surface area contributed by atoms with Crippen LogP contribution < -0.4 is 5.32 Å². The third-order valence-corrected chi connectivity index (χ3v) is 3.60. The van der Waals surface area contributed by atoms with Crippen LogP contribution in [0.25, 0.3) is 0 Å². The Morgan fingerprint density at radius 2 is 2.19 bits per heavy atom. The van der Waals surface area contributed by atoms with Crippen LogP contribution in [0.5, 0.6) is 0 Å². The molecule has 1 N–H and O–H groups in total. The fraction of sp³-hybridized carbons (Fsp3) is 0.500. The molecule has 0 amide bonds. The summed E-state index contributed by atoms with van der Waals surface area (Å²) in [4.78, 5) is 14.0. The summed E-state index contributed by atoms with van der Waals surface area (Å²) in [5, 5.41) is 12.2. The Bertz CT molecular complexity index is 531. The molecule has 0 aromatic heterocycles. The van der Waals surface area contributed by atoms with Crippen LogP contribution in [0.2, 0.25) is 0 Å². The molecule has 21 heavy (non-hydrogen) atoms. The van der Waals surface area contributed by atoms with E-state index in [1.54, 1.807) is 25.1 Å². The Morgan fingerprint density at radius 1 is 1.43 bits per heavy atom. The maximum Gasteiger partial charge on any atom is 0.161 e. The van der Waals surface area contributed by atoms with Gasteiger partial charge in [0.1, 0.15) is 0 Å². The van der Waals surface area contributed by atoms with Crippen LogP contribution in [0.1, 0.15) is 29.3 Å². The minimum Gasteiger partial charge on any atom is -0.384 e. The lowest BCUT2D eigenvalue weighted by molar-refractivity contribution is 0.0378. The predicted molar refractivity (Wildman–Crippen MR) is 81.5 cm³/mol. The van der Waals surface area contributed by atoms with Gasteiger partial charge in [0.05, 0.1) is 24.8 Å². The lowest BCUT2D eigenvalue weighted by atomic mass is 10.1. The van der Waals surface area contributed by atoms with Crippen LogP contribution in [-0.2, 0) is 4.74 Å². The largest absolute Gasteiger partial charge is 0.384 e. The summed E-state index contributed by atoms with van der Waals surface area (Å²) in [6.45, 7) is 6.94. The Morgan fingerprint density at radius 3 is 2.86 bits per heavy atom. The fourth-order valence-corrected chi connectivity index (χ4v) is 2.42. The monoisotopic (exact) mass is 287 g/mol. The molecule has 0 bridgehead atoms. The van der Waals surface area contributed by atoms with E-state index in [0.29, 0.717) is 11.1 Å². The average molecular weight is 287 g/mol. The van der Waals surface area contributed by atoms with Gasteiger partial charge in [0.15, 0.2) is 5.78 Å². The van der Waals surface area contributed by atoms with Gasteiger partial charge < -0.3 is 10.1 Å². The number of morpholine rings is 1. The molecule has 1 aromatic rings. The van der Waals surface area contributed by atoms with Crippen molar-refractivity contribution in [2.24, 2.45) is 0 Å². The van der Waals surface area contributed by atoms with Crippen LogP contribution in [0.4, 0.5) is 5.69 Å². The molecule has 0 aliphatic carbocycles. The predicted octanol–water partition coefficient (Wildman–Crippen LogP) is 1.90. The maximum absolute atomic E-state index is 11.6. The molecule has 1 aliphatic rings. The van der Waals surface area contributed by atoms with Crippen LogP contribution >= 0.6 is 0 Å². The van der Waals surface area contributed by atoms with Crippen molar-refractivity contribution in [1.29, 1.82) is 5.26 Å². The van der Waals surface area contributed by atoms with Gasteiger partial charge >= 0.3 is 0 Å². The topological polar surface area (TPSA) is 65.4 Å². The number of rotatable bonds is 6. The minimum absolute atomic E-state index is 0.00942. The zero-order chi connectivity index (χ0) is 15.1. The highest BCUT2D eigenvalue weighted by molar-refractivity contribution is 5.99. The van der Waals surface area contributed by atoms with E-state index in [0.717, 1.165) is 51.5 Å². The normalized spacial score (nSPS) is 15.4. The van der Waals surface area contributed by atoms with E-state index in [1.807, 2.05) is 0 Å². The summed E-state index contributed by atoms with van der Waals surface area (Å²) in [5.74, 6) is 0.00942. The van der Waals surface area contributed by atoms with Gasteiger partial charge in [-0.2, -0.15) is 5.26 Å². The highest BCUT2D eigenvalue weighted by Gasteiger charge is 2.10. The molecule has 5 nitrogen and oxygen atoms in total. The van der Waals surface area contributed by atoms with Gasteiger partial charge in [-0.25, -0.2) is 0 Å². The SMILES string of the molecule is CC(=O)c1ccc(C#N)cc1NCCCN1CCOCC1. The summed E-state index contributed by atoms with van der Waals surface area (Å²) in [5.41, 5.74) is 1.96. The number of nitrogens with zero attached hydrogens (tertiary/aromatic N) is 2. The van der Waals surface area contributed by atoms with Crippen LogP contribution in [0, 0.1) is 11.3 Å². The molecular weight excluding hydrogens is 266 g/mol. The third-order valence-electron chi connectivity index (χ3n) is 3.60. The minimum atomic E-state index is 0.00942. The number of carbonyl (C=O) groups excluding carboxylic acids is 1. The number of carbonyl (C=O) groups is 1. The molecule has 0 saturated carbocycles. The number of nitrogens with one attached hydrogen (secondary N) is 1. The average Bonchev–Trinajstić information content (AvgIpc) is 2.52. The van der Waals surface area contributed by atoms with Gasteiger partial charge in [0.2, 0.25) is 0 Å². The molecular formula is C16H21N3O2. The van der Waals surface area contributed by atoms with Gasteiger partial charge in [0, 0.05) is 30.9 Å². The second-order valence-corrected chi connectivity index (χ2v) is 5.16. The van der Waals surface area contributed by atoms with Crippen molar-refractivity contribution in [1.82, 2.24) is 4.90 Å². The number of hydrogen-bond acceptors (Lipinski definition) is 5. The molecule has 0 spiro atoms. The number of hydrogen-bond donors (Lipinski definition) is 1. The molecule has 1 saturated heterocycles. The molecule has 2 rings (SSSR count). The number of ketones is 1. The second kappa shape index (κ2) is 7.77. The molecule has 0 radical (unpaired) electrons. The van der Waals surface area contributed by atoms with Crippen LogP contribution in [-0.4, -0.2) is 50.1 Å². The number of Topliss-reactive ketones (excluding diaryl/α,β-unsaturated/α-hetero) is 1. The molecule has 1 aliphatic heterocycles. The van der Waals surface area contributed by atoms with Crippen molar-refractivity contribution >= 4 is 11.5 Å². The van der Waals surface area contributed by atoms with Gasteiger partial charge in [-0.05, 0) is 38.1 Å². The number of anilines is 1. The summed E-state index contributed by atoms with van der Waals surface area (Å²) in [6.07, 6.45) is 0.994. The van der Waals surface area contributed by atoms with Crippen molar-refractivity contribution in [2.75, 3.05) is 44.7 Å². The van der Waals surface area contributed by atoms with Gasteiger partial charge in [-0.15, -0.1) is 0 Å². The first-order valence-electron chi connectivity index (χ1n) is 7.30. The van der Waals surface area contributed by atoms with Crippen molar-refractivity contribution in [3.63, 3.8) is 0 Å². The summed E-state index contributed by atoms with van der Waals surface area (Å²) in [7, 11) is 0. The highest BCUT2D eigenvalue weighted by Crippen LogP contribution is 2.18. The quantitative estimate of drug-likeness (QED) is 0.639. The lowest BCUT2D eigenvalue weighted by Gasteiger charge is -2.26. The van der Waals surface area contributed by atoms with Crippen molar-refractivity contribution < 1.29 is 9.53 Å². The van der Waals surface area contributed by atoms with E-state index in [1.165, 1.54) is 0 Å². The number of nitriles is 1.